The van der Waals surface area contributed by atoms with Gasteiger partial charge in [-0.15, -0.1) is 0 Å². The molecule has 1 heterocycles. The van der Waals surface area contributed by atoms with E-state index in [-0.39, 0.29) is 0 Å². The van der Waals surface area contributed by atoms with Gasteiger partial charge in [0.05, 0.1) is 7.11 Å². The Morgan fingerprint density at radius 3 is 3.03 bits per heavy atom. The number of rotatable bonds is 7. The van der Waals surface area contributed by atoms with Crippen LogP contribution >= 0.6 is 0 Å². The highest BCUT2D eigenvalue weighted by atomic mass is 16.5. The van der Waals surface area contributed by atoms with E-state index in [0.29, 0.717) is 6.04 Å². The largest absolute Gasteiger partial charge is 0.497 e. The molecule has 1 unspecified atom stereocenters. The number of methoxy groups -OCH3 is 1. The van der Waals surface area contributed by atoms with Crippen LogP contribution in [0.2, 0.25) is 0 Å². The van der Waals surface area contributed by atoms with E-state index in [1.165, 1.54) is 28.2 Å². The van der Waals surface area contributed by atoms with E-state index in [1.54, 1.807) is 18.7 Å². The highest BCUT2D eigenvalue weighted by Gasteiger charge is 2.21. The van der Waals surface area contributed by atoms with Gasteiger partial charge in [-0.2, -0.15) is 0 Å². The molecule has 6 nitrogen and oxygen atoms in total. The molecule has 150 valence electrons. The summed E-state index contributed by atoms with van der Waals surface area (Å²) in [4.78, 5) is 14.5. The number of fused-ring (bicyclic) bond motifs is 2. The van der Waals surface area contributed by atoms with Gasteiger partial charge in [-0.1, -0.05) is 18.2 Å². The van der Waals surface area contributed by atoms with Crippen LogP contribution in [-0.2, 0) is 17.6 Å². The number of amides is 1. The van der Waals surface area contributed by atoms with E-state index >= 15 is 0 Å². The predicted octanol–water partition coefficient (Wildman–Crippen LogP) is 3.51. The van der Waals surface area contributed by atoms with Crippen molar-refractivity contribution in [2.75, 3.05) is 13.7 Å². The van der Waals surface area contributed by atoms with Crippen LogP contribution in [0.1, 0.15) is 34.7 Å². The van der Waals surface area contributed by atoms with E-state index in [1.807, 2.05) is 12.1 Å². The van der Waals surface area contributed by atoms with Crippen molar-refractivity contribution in [1.82, 2.24) is 15.8 Å². The first-order valence-corrected chi connectivity index (χ1v) is 9.80. The average Bonchev–Trinajstić information content (AvgIpc) is 3.35. The number of aryl methyl sites for hydroxylation is 1. The Balaban J connectivity index is 1.39. The van der Waals surface area contributed by atoms with Crippen molar-refractivity contribution < 1.29 is 14.7 Å². The van der Waals surface area contributed by atoms with Crippen molar-refractivity contribution in [2.45, 2.75) is 25.3 Å². The fourth-order valence-corrected chi connectivity index (χ4v) is 4.03. The second-order valence-electron chi connectivity index (χ2n) is 7.29. The normalized spacial score (nSPS) is 15.7. The molecule has 1 atom stereocenters. The molecule has 4 N–H and O–H groups in total. The van der Waals surface area contributed by atoms with Gasteiger partial charge in [0.25, 0.3) is 5.91 Å². The zero-order chi connectivity index (χ0) is 20.2. The molecular formula is C23H25N3O3. The van der Waals surface area contributed by atoms with Gasteiger partial charge in [-0.3, -0.25) is 10.0 Å². The molecule has 0 radical (unpaired) electrons. The summed E-state index contributed by atoms with van der Waals surface area (Å²) in [5.74, 6) is 0.345. The molecule has 29 heavy (non-hydrogen) atoms. The van der Waals surface area contributed by atoms with Gasteiger partial charge < -0.3 is 15.0 Å². The van der Waals surface area contributed by atoms with Crippen molar-refractivity contribution in [1.29, 1.82) is 0 Å². The molecule has 0 saturated carbocycles. The Hall–Kier alpha value is -3.09. The number of carbonyl (C=O) groups is 1. The van der Waals surface area contributed by atoms with Crippen molar-refractivity contribution >= 4 is 22.9 Å². The maximum absolute atomic E-state index is 11.1. The molecule has 0 fully saturated rings. The summed E-state index contributed by atoms with van der Waals surface area (Å²) in [6.07, 6.45) is 8.14. The lowest BCUT2D eigenvalue weighted by Gasteiger charge is -2.14. The third kappa shape index (κ3) is 4.18. The van der Waals surface area contributed by atoms with Crippen LogP contribution in [0, 0.1) is 0 Å². The second kappa shape index (κ2) is 8.51. The van der Waals surface area contributed by atoms with Crippen LogP contribution < -0.4 is 15.5 Å². The first kappa shape index (κ1) is 19.2. The lowest BCUT2D eigenvalue weighted by atomic mass is 10.0. The van der Waals surface area contributed by atoms with Crippen molar-refractivity contribution in [2.24, 2.45) is 0 Å². The number of hydrogen-bond acceptors (Lipinski definition) is 4. The van der Waals surface area contributed by atoms with Gasteiger partial charge in [-0.05, 0) is 72.3 Å². The van der Waals surface area contributed by atoms with E-state index in [4.69, 9.17) is 9.94 Å². The van der Waals surface area contributed by atoms with Gasteiger partial charge in [0.15, 0.2) is 0 Å². The zero-order valence-corrected chi connectivity index (χ0v) is 16.4. The molecule has 1 aromatic heterocycles. The number of H-pyrrole nitrogens is 1. The molecule has 1 aliphatic rings. The minimum absolute atomic E-state index is 0.350. The number of benzene rings is 2. The van der Waals surface area contributed by atoms with Crippen LogP contribution in [0.3, 0.4) is 0 Å². The summed E-state index contributed by atoms with van der Waals surface area (Å²) < 4.78 is 5.35. The van der Waals surface area contributed by atoms with Crippen LogP contribution in [0.5, 0.6) is 5.75 Å². The third-order valence-electron chi connectivity index (χ3n) is 5.54. The fourth-order valence-electron chi connectivity index (χ4n) is 4.03. The highest BCUT2D eigenvalue weighted by Crippen LogP contribution is 2.32. The smallest absolute Gasteiger partial charge is 0.267 e. The number of hydroxylamine groups is 1. The summed E-state index contributed by atoms with van der Waals surface area (Å²) in [5.41, 5.74) is 7.61. The molecule has 4 rings (SSSR count). The van der Waals surface area contributed by atoms with Crippen LogP contribution in [0.25, 0.3) is 17.0 Å². The molecule has 1 aliphatic carbocycles. The van der Waals surface area contributed by atoms with Crippen LogP contribution in [0.4, 0.5) is 0 Å². The Morgan fingerprint density at radius 2 is 2.21 bits per heavy atom. The van der Waals surface area contributed by atoms with Crippen molar-refractivity contribution in [3.8, 4) is 5.75 Å². The number of ether oxygens (including phenoxy) is 1. The van der Waals surface area contributed by atoms with E-state index < -0.39 is 5.91 Å². The topological polar surface area (TPSA) is 86.4 Å². The summed E-state index contributed by atoms with van der Waals surface area (Å²) >= 11 is 0. The standard InChI is InChI=1S/C23H25N3O3/c1-29-18-5-8-22-20(13-18)17(14-25-22)10-11-24-21-7-4-16-12-15(2-6-19(16)21)3-9-23(27)26-28/h2-3,5-6,8-9,12-14,21,24-25,28H,4,7,10-11H2,1H3,(H,26,27). The van der Waals surface area contributed by atoms with Crippen LogP contribution in [-0.4, -0.2) is 29.8 Å². The quantitative estimate of drug-likeness (QED) is 0.282. The Kier molecular flexibility index (Phi) is 5.64. The average molecular weight is 391 g/mol. The maximum atomic E-state index is 11.1. The first-order valence-electron chi connectivity index (χ1n) is 9.80. The molecule has 0 bridgehead atoms. The third-order valence-corrected chi connectivity index (χ3v) is 5.54. The number of hydrogen-bond donors (Lipinski definition) is 4. The minimum Gasteiger partial charge on any atom is -0.497 e. The summed E-state index contributed by atoms with van der Waals surface area (Å²) in [5, 5.41) is 13.5. The Morgan fingerprint density at radius 1 is 1.31 bits per heavy atom. The molecule has 0 saturated heterocycles. The molecule has 0 aliphatic heterocycles. The number of carbonyl (C=O) groups excluding carboxylic acids is 1. The van der Waals surface area contributed by atoms with Crippen molar-refractivity contribution in [3.05, 3.63) is 70.9 Å². The Bertz CT molecular complexity index is 1050. The first-order chi connectivity index (χ1) is 14.2. The minimum atomic E-state index is -0.528. The SMILES string of the molecule is COc1ccc2[nH]cc(CCNC3CCc4cc(C=CC(=O)NO)ccc43)c2c1. The number of nitrogens with one attached hydrogen (secondary N) is 3. The molecular weight excluding hydrogens is 366 g/mol. The van der Waals surface area contributed by atoms with Crippen LogP contribution in [0.15, 0.2) is 48.7 Å². The second-order valence-corrected chi connectivity index (χ2v) is 7.29. The van der Waals surface area contributed by atoms with E-state index in [2.05, 4.69) is 40.8 Å². The molecule has 2 aromatic carbocycles. The lowest BCUT2D eigenvalue weighted by molar-refractivity contribution is -0.124. The van der Waals surface area contributed by atoms with E-state index in [0.717, 1.165) is 42.6 Å². The summed E-state index contributed by atoms with van der Waals surface area (Å²) in [7, 11) is 1.69. The van der Waals surface area contributed by atoms with Gasteiger partial charge in [0.2, 0.25) is 0 Å². The van der Waals surface area contributed by atoms with Crippen molar-refractivity contribution in [3.63, 3.8) is 0 Å². The molecule has 3 aromatic rings. The lowest BCUT2D eigenvalue weighted by Crippen LogP contribution is -2.21. The monoisotopic (exact) mass is 391 g/mol. The van der Waals surface area contributed by atoms with Gasteiger partial charge in [0, 0.05) is 29.2 Å². The maximum Gasteiger partial charge on any atom is 0.267 e. The van der Waals surface area contributed by atoms with Gasteiger partial charge in [0.1, 0.15) is 5.75 Å². The number of aromatic nitrogens is 1. The Labute approximate surface area is 169 Å². The number of aromatic amines is 1. The summed E-state index contributed by atoms with van der Waals surface area (Å²) in [6, 6.07) is 12.7. The molecule has 1 amide bonds. The van der Waals surface area contributed by atoms with Gasteiger partial charge in [-0.25, -0.2) is 5.48 Å². The van der Waals surface area contributed by atoms with E-state index in [9.17, 15) is 4.79 Å². The molecule has 0 spiro atoms. The summed E-state index contributed by atoms with van der Waals surface area (Å²) in [6.45, 7) is 0.895. The van der Waals surface area contributed by atoms with Gasteiger partial charge >= 0.3 is 0 Å². The predicted molar refractivity (Wildman–Crippen MR) is 113 cm³/mol. The fraction of sp³-hybridized carbons (Fsp3) is 0.261. The highest BCUT2D eigenvalue weighted by molar-refractivity contribution is 5.90. The zero-order valence-electron chi connectivity index (χ0n) is 16.4. The molecule has 6 heteroatoms.